The first-order chi connectivity index (χ1) is 10.7. The molecule has 0 radical (unpaired) electrons. The van der Waals surface area contributed by atoms with Crippen LogP contribution in [0.5, 0.6) is 0 Å². The quantitative estimate of drug-likeness (QED) is 0.511. The summed E-state index contributed by atoms with van der Waals surface area (Å²) in [7, 11) is 0. The number of hydrogen-bond acceptors (Lipinski definition) is 3. The van der Waals surface area contributed by atoms with Crippen molar-refractivity contribution in [3.05, 3.63) is 57.8 Å². The van der Waals surface area contributed by atoms with E-state index < -0.39 is 6.10 Å². The summed E-state index contributed by atoms with van der Waals surface area (Å²) in [4.78, 5) is 13.9. The van der Waals surface area contributed by atoms with Gasteiger partial charge in [-0.3, -0.25) is 4.79 Å². The van der Waals surface area contributed by atoms with Gasteiger partial charge in [-0.25, -0.2) is 0 Å². The fourth-order valence-electron chi connectivity index (χ4n) is 2.48. The normalized spacial score (nSPS) is 12.3. The Kier molecular flexibility index (Phi) is 6.81. The molecular formula is C19H24O2S. The summed E-state index contributed by atoms with van der Waals surface area (Å²) in [6.07, 6.45) is 4.85. The highest BCUT2D eigenvalue weighted by Gasteiger charge is 2.13. The van der Waals surface area contributed by atoms with Gasteiger partial charge in [-0.2, -0.15) is 0 Å². The molecule has 0 saturated heterocycles. The molecule has 0 aliphatic rings. The number of carbonyl (C=O) groups is 1. The number of Topliss-reactive ketones (excluding diaryl/α,β-unsaturated/α-hetero) is 1. The summed E-state index contributed by atoms with van der Waals surface area (Å²) in [5, 5.41) is 9.95. The summed E-state index contributed by atoms with van der Waals surface area (Å²) in [6, 6.07) is 14.1. The van der Waals surface area contributed by atoms with Gasteiger partial charge in [0.2, 0.25) is 0 Å². The summed E-state index contributed by atoms with van der Waals surface area (Å²) in [6.45, 7) is 2.05. The lowest BCUT2D eigenvalue weighted by molar-refractivity contribution is 0.0983. The van der Waals surface area contributed by atoms with E-state index in [0.29, 0.717) is 6.42 Å². The Morgan fingerprint density at radius 2 is 1.91 bits per heavy atom. The first kappa shape index (κ1) is 16.9. The predicted molar refractivity (Wildman–Crippen MR) is 92.5 cm³/mol. The number of benzene rings is 1. The van der Waals surface area contributed by atoms with Crippen molar-refractivity contribution in [1.82, 2.24) is 0 Å². The molecule has 1 aromatic carbocycles. The molecule has 0 aliphatic carbocycles. The molecule has 0 aliphatic heterocycles. The predicted octanol–water partition coefficient (Wildman–Crippen LogP) is 5.18. The van der Waals surface area contributed by atoms with Gasteiger partial charge in [-0.1, -0.05) is 43.7 Å². The molecule has 3 heteroatoms. The van der Waals surface area contributed by atoms with Crippen LogP contribution >= 0.6 is 11.3 Å². The van der Waals surface area contributed by atoms with E-state index in [1.54, 1.807) is 0 Å². The fourth-order valence-corrected chi connectivity index (χ4v) is 3.48. The van der Waals surface area contributed by atoms with Crippen molar-refractivity contribution in [1.29, 1.82) is 0 Å². The molecule has 0 spiro atoms. The lowest BCUT2D eigenvalue weighted by Crippen LogP contribution is -1.96. The van der Waals surface area contributed by atoms with Crippen LogP contribution < -0.4 is 0 Å². The largest absolute Gasteiger partial charge is 0.388 e. The van der Waals surface area contributed by atoms with Gasteiger partial charge in [-0.05, 0) is 43.4 Å². The van der Waals surface area contributed by atoms with Gasteiger partial charge < -0.3 is 5.11 Å². The lowest BCUT2D eigenvalue weighted by Gasteiger charge is -2.05. The molecule has 1 heterocycles. The number of ketones is 1. The molecule has 118 valence electrons. The van der Waals surface area contributed by atoms with Gasteiger partial charge >= 0.3 is 0 Å². The number of rotatable bonds is 9. The first-order valence-corrected chi connectivity index (χ1v) is 8.87. The Morgan fingerprint density at radius 3 is 2.64 bits per heavy atom. The SMILES string of the molecule is CCCC(O)c1ccc(C(=O)CCCCc2ccccc2)s1. The van der Waals surface area contributed by atoms with Gasteiger partial charge in [0.05, 0.1) is 11.0 Å². The van der Waals surface area contributed by atoms with Crippen molar-refractivity contribution in [2.24, 2.45) is 0 Å². The van der Waals surface area contributed by atoms with Gasteiger partial charge in [0, 0.05) is 11.3 Å². The lowest BCUT2D eigenvalue weighted by atomic mass is 10.1. The average Bonchev–Trinajstić information content (AvgIpc) is 3.03. The van der Waals surface area contributed by atoms with Crippen molar-refractivity contribution >= 4 is 17.1 Å². The topological polar surface area (TPSA) is 37.3 Å². The summed E-state index contributed by atoms with van der Waals surface area (Å²) < 4.78 is 0. The maximum Gasteiger partial charge on any atom is 0.172 e. The van der Waals surface area contributed by atoms with Crippen molar-refractivity contribution in [3.63, 3.8) is 0 Å². The number of aryl methyl sites for hydroxylation is 1. The molecule has 2 rings (SSSR count). The van der Waals surface area contributed by atoms with Crippen LogP contribution in [0.1, 0.15) is 65.2 Å². The van der Waals surface area contributed by atoms with E-state index in [1.165, 1.54) is 16.9 Å². The highest BCUT2D eigenvalue weighted by atomic mass is 32.1. The molecule has 1 atom stereocenters. The molecule has 0 bridgehead atoms. The van der Waals surface area contributed by atoms with Crippen LogP contribution in [0.4, 0.5) is 0 Å². The van der Waals surface area contributed by atoms with Crippen LogP contribution in [0, 0.1) is 0 Å². The zero-order chi connectivity index (χ0) is 15.8. The van der Waals surface area contributed by atoms with Crippen molar-refractivity contribution in [2.75, 3.05) is 0 Å². The number of aliphatic hydroxyl groups is 1. The second kappa shape index (κ2) is 8.86. The third-order valence-corrected chi connectivity index (χ3v) is 4.98. The van der Waals surface area contributed by atoms with E-state index in [4.69, 9.17) is 0 Å². The second-order valence-electron chi connectivity index (χ2n) is 5.62. The van der Waals surface area contributed by atoms with E-state index >= 15 is 0 Å². The Hall–Kier alpha value is -1.45. The number of thiophene rings is 1. The van der Waals surface area contributed by atoms with Crippen LogP contribution in [-0.2, 0) is 6.42 Å². The standard InChI is InChI=1S/C19H24O2S/c1-2-8-16(20)18-13-14-19(22-18)17(21)12-7-6-11-15-9-4-3-5-10-15/h3-5,9-10,13-14,16,20H,2,6-8,11-12H2,1H3. The average molecular weight is 316 g/mol. The van der Waals surface area contributed by atoms with Crippen LogP contribution in [0.2, 0.25) is 0 Å². The molecule has 1 N–H and O–H groups in total. The van der Waals surface area contributed by atoms with Crippen LogP contribution in [0.3, 0.4) is 0 Å². The number of aliphatic hydroxyl groups excluding tert-OH is 1. The molecule has 1 aromatic heterocycles. The van der Waals surface area contributed by atoms with E-state index in [9.17, 15) is 9.90 Å². The maximum absolute atomic E-state index is 12.2. The minimum absolute atomic E-state index is 0.202. The Labute approximate surface area is 136 Å². The molecule has 1 unspecified atom stereocenters. The van der Waals surface area contributed by atoms with Crippen LogP contribution in [-0.4, -0.2) is 10.9 Å². The summed E-state index contributed by atoms with van der Waals surface area (Å²) in [5.41, 5.74) is 1.33. The van der Waals surface area contributed by atoms with Crippen LogP contribution in [0.15, 0.2) is 42.5 Å². The van der Waals surface area contributed by atoms with Crippen molar-refractivity contribution < 1.29 is 9.90 Å². The van der Waals surface area contributed by atoms with Crippen molar-refractivity contribution in [3.8, 4) is 0 Å². The fraction of sp³-hybridized carbons (Fsp3) is 0.421. The molecular weight excluding hydrogens is 292 g/mol. The summed E-state index contributed by atoms with van der Waals surface area (Å²) in [5.74, 6) is 0.202. The number of unbranched alkanes of at least 4 members (excludes halogenated alkanes) is 1. The molecule has 2 aromatic rings. The number of carbonyl (C=O) groups excluding carboxylic acids is 1. The Bertz CT molecular complexity index is 574. The molecule has 0 fully saturated rings. The smallest absolute Gasteiger partial charge is 0.172 e. The van der Waals surface area contributed by atoms with E-state index in [0.717, 1.165) is 41.9 Å². The molecule has 22 heavy (non-hydrogen) atoms. The first-order valence-electron chi connectivity index (χ1n) is 8.05. The third-order valence-electron chi connectivity index (χ3n) is 3.75. The second-order valence-corrected chi connectivity index (χ2v) is 6.74. The maximum atomic E-state index is 12.2. The van der Waals surface area contributed by atoms with Gasteiger partial charge in [0.1, 0.15) is 0 Å². The minimum atomic E-state index is -0.422. The highest BCUT2D eigenvalue weighted by Crippen LogP contribution is 2.27. The molecule has 0 saturated carbocycles. The monoisotopic (exact) mass is 316 g/mol. The van der Waals surface area contributed by atoms with E-state index in [2.05, 4.69) is 31.2 Å². The van der Waals surface area contributed by atoms with Gasteiger partial charge in [0.25, 0.3) is 0 Å². The third kappa shape index (κ3) is 5.08. The van der Waals surface area contributed by atoms with Gasteiger partial charge in [0.15, 0.2) is 5.78 Å². The zero-order valence-electron chi connectivity index (χ0n) is 13.1. The molecule has 0 amide bonds. The Morgan fingerprint density at radius 1 is 1.14 bits per heavy atom. The highest BCUT2D eigenvalue weighted by molar-refractivity contribution is 7.14. The summed E-state index contributed by atoms with van der Waals surface area (Å²) >= 11 is 1.44. The van der Waals surface area contributed by atoms with E-state index in [1.807, 2.05) is 18.2 Å². The van der Waals surface area contributed by atoms with Crippen molar-refractivity contribution in [2.45, 2.75) is 51.6 Å². The minimum Gasteiger partial charge on any atom is -0.388 e. The van der Waals surface area contributed by atoms with Crippen LogP contribution in [0.25, 0.3) is 0 Å². The van der Waals surface area contributed by atoms with Gasteiger partial charge in [-0.15, -0.1) is 11.3 Å². The number of hydrogen-bond donors (Lipinski definition) is 1. The van der Waals surface area contributed by atoms with E-state index in [-0.39, 0.29) is 5.78 Å². The molecule has 2 nitrogen and oxygen atoms in total. The zero-order valence-corrected chi connectivity index (χ0v) is 13.9. The Balaban J connectivity index is 1.75.